The average Bonchev–Trinajstić information content (AvgIpc) is 2.76. The Morgan fingerprint density at radius 3 is 2.13 bits per heavy atom. The zero-order valence-electron chi connectivity index (χ0n) is 19.0. The lowest BCUT2D eigenvalue weighted by molar-refractivity contribution is -0.142. The molecule has 1 aliphatic carbocycles. The molecule has 1 aromatic rings. The lowest BCUT2D eigenvalue weighted by atomic mass is 9.87. The van der Waals surface area contributed by atoms with E-state index in [2.05, 4.69) is 32.9 Å². The predicted octanol–water partition coefficient (Wildman–Crippen LogP) is 4.39. The number of carbonyl (C=O) groups excluding carboxylic acids is 2. The fourth-order valence-electron chi connectivity index (χ4n) is 4.41. The van der Waals surface area contributed by atoms with E-state index in [9.17, 15) is 9.59 Å². The molecule has 3 rings (SSSR count). The van der Waals surface area contributed by atoms with Crippen molar-refractivity contribution in [2.45, 2.75) is 71.1 Å². The molecule has 1 heterocycles. The SMILES string of the molecule is CC(C)(C)c1ccc(OCCCC(=O)N2CCN(C(=O)C3CCCCC3)CC2)cc1. The van der Waals surface area contributed by atoms with Gasteiger partial charge < -0.3 is 14.5 Å². The number of ether oxygens (including phenoxy) is 1. The number of rotatable bonds is 6. The molecule has 30 heavy (non-hydrogen) atoms. The summed E-state index contributed by atoms with van der Waals surface area (Å²) in [4.78, 5) is 29.0. The Bertz CT molecular complexity index is 694. The molecule has 1 saturated carbocycles. The van der Waals surface area contributed by atoms with Gasteiger partial charge in [0, 0.05) is 38.5 Å². The summed E-state index contributed by atoms with van der Waals surface area (Å²) in [6.45, 7) is 9.80. The molecule has 2 aliphatic rings. The third kappa shape index (κ3) is 6.23. The molecule has 0 radical (unpaired) electrons. The van der Waals surface area contributed by atoms with E-state index >= 15 is 0 Å². The van der Waals surface area contributed by atoms with Gasteiger partial charge in [0.2, 0.25) is 11.8 Å². The Morgan fingerprint density at radius 2 is 1.53 bits per heavy atom. The van der Waals surface area contributed by atoms with Gasteiger partial charge in [-0.25, -0.2) is 0 Å². The van der Waals surface area contributed by atoms with Gasteiger partial charge in [-0.1, -0.05) is 52.2 Å². The van der Waals surface area contributed by atoms with Crippen molar-refractivity contribution >= 4 is 11.8 Å². The minimum absolute atomic E-state index is 0.135. The van der Waals surface area contributed by atoms with Crippen LogP contribution < -0.4 is 4.74 Å². The number of carbonyl (C=O) groups is 2. The third-order valence-electron chi connectivity index (χ3n) is 6.42. The van der Waals surface area contributed by atoms with Crippen molar-refractivity contribution < 1.29 is 14.3 Å². The van der Waals surface area contributed by atoms with Crippen LogP contribution in [0.25, 0.3) is 0 Å². The largest absolute Gasteiger partial charge is 0.494 e. The van der Waals surface area contributed by atoms with Crippen LogP contribution in [0, 0.1) is 5.92 Å². The van der Waals surface area contributed by atoms with Gasteiger partial charge in [0.15, 0.2) is 0 Å². The Balaban J connectivity index is 1.33. The van der Waals surface area contributed by atoms with Crippen molar-refractivity contribution in [3.63, 3.8) is 0 Å². The lowest BCUT2D eigenvalue weighted by Gasteiger charge is -2.37. The fourth-order valence-corrected chi connectivity index (χ4v) is 4.41. The topological polar surface area (TPSA) is 49.9 Å². The Labute approximate surface area is 181 Å². The van der Waals surface area contributed by atoms with Crippen LogP contribution in [0.5, 0.6) is 5.75 Å². The summed E-state index contributed by atoms with van der Waals surface area (Å²) in [7, 11) is 0. The standard InChI is InChI=1S/C25H38N2O3/c1-25(2,3)21-11-13-22(14-12-21)30-19-7-10-23(28)26-15-17-27(18-16-26)24(29)20-8-5-4-6-9-20/h11-14,20H,4-10,15-19H2,1-3H3. The molecule has 1 aliphatic heterocycles. The van der Waals surface area contributed by atoms with Crippen LogP contribution in [0.3, 0.4) is 0 Å². The Morgan fingerprint density at radius 1 is 0.933 bits per heavy atom. The highest BCUT2D eigenvalue weighted by Crippen LogP contribution is 2.26. The molecular formula is C25H38N2O3. The van der Waals surface area contributed by atoms with Gasteiger partial charge >= 0.3 is 0 Å². The summed E-state index contributed by atoms with van der Waals surface area (Å²) in [5.74, 6) is 1.56. The van der Waals surface area contributed by atoms with E-state index in [4.69, 9.17) is 4.74 Å². The molecule has 0 atom stereocenters. The molecule has 0 spiro atoms. The maximum atomic E-state index is 12.7. The molecular weight excluding hydrogens is 376 g/mol. The van der Waals surface area contributed by atoms with Gasteiger partial charge in [-0.15, -0.1) is 0 Å². The average molecular weight is 415 g/mol. The highest BCUT2D eigenvalue weighted by Gasteiger charge is 2.29. The molecule has 5 heteroatoms. The Hall–Kier alpha value is -2.04. The molecule has 0 aromatic heterocycles. The molecule has 0 N–H and O–H groups in total. The first kappa shape index (κ1) is 22.6. The first-order chi connectivity index (χ1) is 14.3. The predicted molar refractivity (Wildman–Crippen MR) is 120 cm³/mol. The van der Waals surface area contributed by atoms with Crippen molar-refractivity contribution in [2.24, 2.45) is 5.92 Å². The Kier molecular flexibility index (Phi) is 7.79. The second-order valence-electron chi connectivity index (χ2n) is 9.77. The van der Waals surface area contributed by atoms with Crippen molar-refractivity contribution in [3.8, 4) is 5.75 Å². The molecule has 1 saturated heterocycles. The van der Waals surface area contributed by atoms with E-state index in [-0.39, 0.29) is 17.2 Å². The van der Waals surface area contributed by atoms with E-state index < -0.39 is 0 Å². The monoisotopic (exact) mass is 414 g/mol. The van der Waals surface area contributed by atoms with E-state index in [0.29, 0.717) is 51.5 Å². The summed E-state index contributed by atoms with van der Waals surface area (Å²) in [6.07, 6.45) is 6.90. The van der Waals surface area contributed by atoms with Gasteiger partial charge in [0.25, 0.3) is 0 Å². The van der Waals surface area contributed by atoms with Crippen LogP contribution in [-0.4, -0.2) is 54.4 Å². The summed E-state index contributed by atoms with van der Waals surface area (Å²) >= 11 is 0. The van der Waals surface area contributed by atoms with Crippen LogP contribution in [-0.2, 0) is 15.0 Å². The summed E-state index contributed by atoms with van der Waals surface area (Å²) in [5, 5.41) is 0. The normalized spacial score (nSPS) is 18.4. The van der Waals surface area contributed by atoms with Crippen LogP contribution >= 0.6 is 0 Å². The van der Waals surface area contributed by atoms with E-state index in [1.807, 2.05) is 21.9 Å². The second-order valence-corrected chi connectivity index (χ2v) is 9.77. The number of hydrogen-bond donors (Lipinski definition) is 0. The highest BCUT2D eigenvalue weighted by atomic mass is 16.5. The third-order valence-corrected chi connectivity index (χ3v) is 6.42. The maximum absolute atomic E-state index is 12.7. The highest BCUT2D eigenvalue weighted by molar-refractivity contribution is 5.80. The quantitative estimate of drug-likeness (QED) is 0.649. The number of hydrogen-bond acceptors (Lipinski definition) is 3. The van der Waals surface area contributed by atoms with Gasteiger partial charge in [-0.3, -0.25) is 9.59 Å². The van der Waals surface area contributed by atoms with Crippen molar-refractivity contribution in [1.29, 1.82) is 0 Å². The second kappa shape index (κ2) is 10.3. The minimum Gasteiger partial charge on any atom is -0.494 e. The maximum Gasteiger partial charge on any atom is 0.225 e. The van der Waals surface area contributed by atoms with Crippen LogP contribution in [0.4, 0.5) is 0 Å². The van der Waals surface area contributed by atoms with Crippen molar-refractivity contribution in [3.05, 3.63) is 29.8 Å². The van der Waals surface area contributed by atoms with Crippen LogP contribution in [0.1, 0.15) is 71.3 Å². The smallest absolute Gasteiger partial charge is 0.225 e. The fraction of sp³-hybridized carbons (Fsp3) is 0.680. The summed E-state index contributed by atoms with van der Waals surface area (Å²) < 4.78 is 5.80. The number of amides is 2. The first-order valence-corrected chi connectivity index (χ1v) is 11.6. The van der Waals surface area contributed by atoms with E-state index in [0.717, 1.165) is 18.6 Å². The lowest BCUT2D eigenvalue weighted by Crippen LogP contribution is -2.52. The van der Waals surface area contributed by atoms with Gasteiger partial charge in [-0.2, -0.15) is 0 Å². The zero-order valence-corrected chi connectivity index (χ0v) is 19.0. The van der Waals surface area contributed by atoms with E-state index in [1.165, 1.54) is 24.8 Å². The number of nitrogens with zero attached hydrogens (tertiary/aromatic N) is 2. The molecule has 5 nitrogen and oxygen atoms in total. The molecule has 0 unspecified atom stereocenters. The minimum atomic E-state index is 0.135. The van der Waals surface area contributed by atoms with Gasteiger partial charge in [0.05, 0.1) is 6.61 Å². The summed E-state index contributed by atoms with van der Waals surface area (Å²) in [6, 6.07) is 8.22. The number of piperazine rings is 1. The van der Waals surface area contributed by atoms with Crippen molar-refractivity contribution in [1.82, 2.24) is 9.80 Å². The van der Waals surface area contributed by atoms with Crippen LogP contribution in [0.15, 0.2) is 24.3 Å². The molecule has 0 bridgehead atoms. The molecule has 1 aromatic carbocycles. The van der Waals surface area contributed by atoms with Gasteiger partial charge in [-0.05, 0) is 42.4 Å². The molecule has 166 valence electrons. The molecule has 2 fully saturated rings. The number of benzene rings is 1. The first-order valence-electron chi connectivity index (χ1n) is 11.6. The summed E-state index contributed by atoms with van der Waals surface area (Å²) in [5.41, 5.74) is 1.42. The molecule has 2 amide bonds. The van der Waals surface area contributed by atoms with Crippen molar-refractivity contribution in [2.75, 3.05) is 32.8 Å². The van der Waals surface area contributed by atoms with E-state index in [1.54, 1.807) is 0 Å². The van der Waals surface area contributed by atoms with Gasteiger partial charge in [0.1, 0.15) is 5.75 Å². The zero-order chi connectivity index (χ0) is 21.6. The van der Waals surface area contributed by atoms with Crippen LogP contribution in [0.2, 0.25) is 0 Å².